The van der Waals surface area contributed by atoms with Gasteiger partial charge in [-0.3, -0.25) is 4.79 Å². The minimum atomic E-state index is -0.181. The van der Waals surface area contributed by atoms with E-state index in [4.69, 9.17) is 0 Å². The molecule has 0 spiro atoms. The van der Waals surface area contributed by atoms with Crippen molar-refractivity contribution in [2.24, 2.45) is 5.92 Å². The van der Waals surface area contributed by atoms with Gasteiger partial charge in [-0.25, -0.2) is 0 Å². The van der Waals surface area contributed by atoms with Crippen LogP contribution in [0.4, 0.5) is 5.69 Å². The molecular weight excluding hydrogens is 306 g/mol. The first-order valence-corrected chi connectivity index (χ1v) is 8.91. The summed E-state index contributed by atoms with van der Waals surface area (Å²) in [6.45, 7) is 6.38. The zero-order valence-electron chi connectivity index (χ0n) is 15.1. The van der Waals surface area contributed by atoms with Gasteiger partial charge in [0.2, 0.25) is 5.91 Å². The summed E-state index contributed by atoms with van der Waals surface area (Å²) >= 11 is 0. The lowest BCUT2D eigenvalue weighted by Gasteiger charge is -2.14. The highest BCUT2D eigenvalue weighted by Gasteiger charge is 2.15. The molecule has 0 heterocycles. The molecule has 25 heavy (non-hydrogen) atoms. The number of amides is 1. The van der Waals surface area contributed by atoms with E-state index in [0.29, 0.717) is 5.92 Å². The summed E-state index contributed by atoms with van der Waals surface area (Å²) in [5.41, 5.74) is 3.21. The lowest BCUT2D eigenvalue weighted by molar-refractivity contribution is -0.117. The number of benzene rings is 3. The van der Waals surface area contributed by atoms with Crippen LogP contribution in [0.1, 0.15) is 37.8 Å². The first kappa shape index (κ1) is 17.2. The van der Waals surface area contributed by atoms with Crippen LogP contribution in [0.5, 0.6) is 0 Å². The molecule has 3 rings (SSSR count). The number of carbonyl (C=O) groups is 1. The Morgan fingerprint density at radius 1 is 0.880 bits per heavy atom. The molecule has 0 saturated heterocycles. The van der Waals surface area contributed by atoms with Gasteiger partial charge in [0, 0.05) is 5.69 Å². The molecular formula is C23H25NO. The number of rotatable bonds is 5. The summed E-state index contributed by atoms with van der Waals surface area (Å²) in [5.74, 6) is 0.478. The van der Waals surface area contributed by atoms with E-state index in [2.05, 4.69) is 55.6 Å². The fourth-order valence-electron chi connectivity index (χ4n) is 3.08. The molecule has 2 heteroatoms. The second-order valence-corrected chi connectivity index (χ2v) is 7.11. The standard InChI is InChI=1S/C23H25NO/c1-16(2)14-18-8-10-19(11-9-18)17(3)23(25)24-22-13-12-20-6-4-5-7-21(20)15-22/h4-13,15-17H,14H2,1-3H3,(H,24,25)/t17-/m1/s1. The van der Waals surface area contributed by atoms with Gasteiger partial charge in [-0.05, 0) is 53.3 Å². The maximum absolute atomic E-state index is 12.6. The average molecular weight is 331 g/mol. The minimum absolute atomic E-state index is 0.0203. The molecule has 1 amide bonds. The number of hydrogen-bond donors (Lipinski definition) is 1. The smallest absolute Gasteiger partial charge is 0.231 e. The van der Waals surface area contributed by atoms with E-state index in [1.807, 2.05) is 37.3 Å². The van der Waals surface area contributed by atoms with Crippen molar-refractivity contribution in [3.05, 3.63) is 77.9 Å². The molecule has 0 saturated carbocycles. The Bertz CT molecular complexity index is 865. The van der Waals surface area contributed by atoms with Crippen molar-refractivity contribution in [3.63, 3.8) is 0 Å². The van der Waals surface area contributed by atoms with E-state index in [-0.39, 0.29) is 11.8 Å². The van der Waals surface area contributed by atoms with Gasteiger partial charge in [-0.1, -0.05) is 68.4 Å². The number of carbonyl (C=O) groups excluding carboxylic acids is 1. The number of anilines is 1. The van der Waals surface area contributed by atoms with Gasteiger partial charge < -0.3 is 5.32 Å². The topological polar surface area (TPSA) is 29.1 Å². The zero-order chi connectivity index (χ0) is 17.8. The molecule has 0 aliphatic rings. The normalized spacial score (nSPS) is 12.3. The molecule has 0 aliphatic carbocycles. The van der Waals surface area contributed by atoms with E-state index in [0.717, 1.165) is 23.1 Å². The van der Waals surface area contributed by atoms with Crippen LogP contribution < -0.4 is 5.32 Å². The monoisotopic (exact) mass is 331 g/mol. The second kappa shape index (κ2) is 7.52. The lowest BCUT2D eigenvalue weighted by atomic mass is 9.96. The maximum atomic E-state index is 12.6. The van der Waals surface area contributed by atoms with E-state index < -0.39 is 0 Å². The van der Waals surface area contributed by atoms with Crippen LogP contribution in [0.25, 0.3) is 10.8 Å². The molecule has 0 unspecified atom stereocenters. The Morgan fingerprint density at radius 2 is 1.56 bits per heavy atom. The summed E-state index contributed by atoms with van der Waals surface area (Å²) in [5, 5.41) is 5.35. The molecule has 128 valence electrons. The van der Waals surface area contributed by atoms with Crippen molar-refractivity contribution >= 4 is 22.4 Å². The van der Waals surface area contributed by atoms with Gasteiger partial charge in [-0.15, -0.1) is 0 Å². The fourth-order valence-corrected chi connectivity index (χ4v) is 3.08. The van der Waals surface area contributed by atoms with Crippen LogP contribution in [0, 0.1) is 5.92 Å². The summed E-state index contributed by atoms with van der Waals surface area (Å²) in [4.78, 5) is 12.6. The molecule has 3 aromatic rings. The van der Waals surface area contributed by atoms with Crippen molar-refractivity contribution in [2.75, 3.05) is 5.32 Å². The third kappa shape index (κ3) is 4.27. The molecule has 0 radical (unpaired) electrons. The van der Waals surface area contributed by atoms with Crippen molar-refractivity contribution in [1.29, 1.82) is 0 Å². The van der Waals surface area contributed by atoms with E-state index in [1.54, 1.807) is 0 Å². The number of fused-ring (bicyclic) bond motifs is 1. The second-order valence-electron chi connectivity index (χ2n) is 7.11. The molecule has 3 aromatic carbocycles. The van der Waals surface area contributed by atoms with E-state index >= 15 is 0 Å². The molecule has 0 aliphatic heterocycles. The molecule has 0 bridgehead atoms. The molecule has 0 fully saturated rings. The summed E-state index contributed by atoms with van der Waals surface area (Å²) in [6.07, 6.45) is 1.07. The Hall–Kier alpha value is -2.61. The summed E-state index contributed by atoms with van der Waals surface area (Å²) < 4.78 is 0. The highest BCUT2D eigenvalue weighted by atomic mass is 16.1. The Kier molecular flexibility index (Phi) is 5.18. The van der Waals surface area contributed by atoms with Crippen molar-refractivity contribution in [3.8, 4) is 0 Å². The summed E-state index contributed by atoms with van der Waals surface area (Å²) in [7, 11) is 0. The number of nitrogens with one attached hydrogen (secondary N) is 1. The molecule has 0 aromatic heterocycles. The van der Waals surface area contributed by atoms with Crippen LogP contribution in [-0.4, -0.2) is 5.91 Å². The lowest BCUT2D eigenvalue weighted by Crippen LogP contribution is -2.18. The predicted molar refractivity (Wildman–Crippen MR) is 106 cm³/mol. The highest BCUT2D eigenvalue weighted by molar-refractivity contribution is 5.97. The highest BCUT2D eigenvalue weighted by Crippen LogP contribution is 2.22. The van der Waals surface area contributed by atoms with Crippen LogP contribution in [0.2, 0.25) is 0 Å². The maximum Gasteiger partial charge on any atom is 0.231 e. The van der Waals surface area contributed by atoms with Crippen LogP contribution in [0.3, 0.4) is 0 Å². The molecule has 2 nitrogen and oxygen atoms in total. The minimum Gasteiger partial charge on any atom is -0.326 e. The Morgan fingerprint density at radius 3 is 2.24 bits per heavy atom. The van der Waals surface area contributed by atoms with Crippen LogP contribution >= 0.6 is 0 Å². The van der Waals surface area contributed by atoms with Crippen molar-refractivity contribution in [2.45, 2.75) is 33.1 Å². The summed E-state index contributed by atoms with van der Waals surface area (Å²) in [6, 6.07) is 22.6. The molecule has 1 atom stereocenters. The third-order valence-corrected chi connectivity index (χ3v) is 4.53. The quantitative estimate of drug-likeness (QED) is 0.631. The Labute approximate surface area is 149 Å². The zero-order valence-corrected chi connectivity index (χ0v) is 15.1. The van der Waals surface area contributed by atoms with Gasteiger partial charge in [-0.2, -0.15) is 0 Å². The average Bonchev–Trinajstić information content (AvgIpc) is 2.61. The van der Waals surface area contributed by atoms with Gasteiger partial charge in [0.1, 0.15) is 0 Å². The van der Waals surface area contributed by atoms with Crippen LogP contribution in [0.15, 0.2) is 66.7 Å². The first-order chi connectivity index (χ1) is 12.0. The van der Waals surface area contributed by atoms with Gasteiger partial charge in [0.15, 0.2) is 0 Å². The van der Waals surface area contributed by atoms with Gasteiger partial charge >= 0.3 is 0 Å². The predicted octanol–water partition coefficient (Wildman–Crippen LogP) is 5.78. The van der Waals surface area contributed by atoms with Gasteiger partial charge in [0.05, 0.1) is 5.92 Å². The number of hydrogen-bond acceptors (Lipinski definition) is 1. The Balaban J connectivity index is 1.70. The first-order valence-electron chi connectivity index (χ1n) is 8.91. The van der Waals surface area contributed by atoms with E-state index in [9.17, 15) is 4.79 Å². The molecule has 1 N–H and O–H groups in total. The SMILES string of the molecule is CC(C)Cc1ccc([C@@H](C)C(=O)Nc2ccc3ccccc3c2)cc1. The third-order valence-electron chi connectivity index (χ3n) is 4.53. The van der Waals surface area contributed by atoms with Crippen molar-refractivity contribution in [1.82, 2.24) is 0 Å². The van der Waals surface area contributed by atoms with Crippen molar-refractivity contribution < 1.29 is 4.79 Å². The fraction of sp³-hybridized carbons (Fsp3) is 0.261. The van der Waals surface area contributed by atoms with E-state index in [1.165, 1.54) is 10.9 Å². The van der Waals surface area contributed by atoms with Gasteiger partial charge in [0.25, 0.3) is 0 Å². The largest absolute Gasteiger partial charge is 0.326 e. The van der Waals surface area contributed by atoms with Crippen LogP contribution in [-0.2, 0) is 11.2 Å².